The summed E-state index contributed by atoms with van der Waals surface area (Å²) in [5, 5.41) is 28.6. The molecule has 2 heterocycles. The number of hydrogen-bond acceptors (Lipinski definition) is 6. The minimum atomic E-state index is -0.624. The van der Waals surface area contributed by atoms with Crippen LogP contribution in [0.2, 0.25) is 0 Å². The first-order chi connectivity index (χ1) is 18.0. The molecule has 0 aliphatic rings. The molecule has 0 aliphatic carbocycles. The molecule has 0 fully saturated rings. The zero-order chi connectivity index (χ0) is 25.9. The molecule has 3 aromatic carbocycles. The van der Waals surface area contributed by atoms with Gasteiger partial charge in [0.15, 0.2) is 5.69 Å². The smallest absolute Gasteiger partial charge is 0.275 e. The fourth-order valence-corrected chi connectivity index (χ4v) is 4.36. The molecule has 0 aliphatic heterocycles. The summed E-state index contributed by atoms with van der Waals surface area (Å²) < 4.78 is 6.45. The summed E-state index contributed by atoms with van der Waals surface area (Å²) >= 11 is 0. The Balaban J connectivity index is 1.52. The molecular weight excluding hydrogens is 470 g/mol. The van der Waals surface area contributed by atoms with E-state index in [0.717, 1.165) is 21.9 Å². The lowest BCUT2D eigenvalue weighted by atomic mass is 10.0. The number of nitrogens with one attached hydrogen (secondary N) is 2. The summed E-state index contributed by atoms with van der Waals surface area (Å²) in [6.07, 6.45) is 1.84. The van der Waals surface area contributed by atoms with Crippen LogP contribution in [0.1, 0.15) is 34.1 Å². The van der Waals surface area contributed by atoms with Crippen molar-refractivity contribution in [3.05, 3.63) is 100 Å². The maximum absolute atomic E-state index is 13.2. The fourth-order valence-electron chi connectivity index (χ4n) is 4.36. The monoisotopic (exact) mass is 493 g/mol. The average Bonchev–Trinajstić information content (AvgIpc) is 3.32. The molecule has 37 heavy (non-hydrogen) atoms. The van der Waals surface area contributed by atoms with Crippen LogP contribution in [0, 0.1) is 11.3 Å². The second-order valence-corrected chi connectivity index (χ2v) is 8.50. The van der Waals surface area contributed by atoms with Crippen molar-refractivity contribution in [2.75, 3.05) is 13.7 Å². The van der Waals surface area contributed by atoms with E-state index in [2.05, 4.69) is 15.4 Å². The molecule has 1 atom stereocenters. The molecule has 9 nitrogen and oxygen atoms in total. The predicted octanol–water partition coefficient (Wildman–Crippen LogP) is 3.58. The van der Waals surface area contributed by atoms with Crippen LogP contribution in [0.4, 0.5) is 0 Å². The Morgan fingerprint density at radius 3 is 2.62 bits per heavy atom. The van der Waals surface area contributed by atoms with E-state index in [1.165, 1.54) is 4.52 Å². The van der Waals surface area contributed by atoms with Crippen molar-refractivity contribution in [2.45, 2.75) is 12.5 Å². The second-order valence-electron chi connectivity index (χ2n) is 8.50. The molecule has 0 bridgehead atoms. The molecule has 0 spiro atoms. The largest absolute Gasteiger partial charge is 0.497 e. The molecule has 3 N–H and O–H groups in total. The van der Waals surface area contributed by atoms with Crippen LogP contribution >= 0.6 is 0 Å². The zero-order valence-corrected chi connectivity index (χ0v) is 19.9. The molecule has 5 aromatic rings. The molecule has 5 rings (SSSR count). The number of methoxy groups -OCH3 is 1. The molecule has 0 saturated heterocycles. The van der Waals surface area contributed by atoms with Gasteiger partial charge in [-0.05, 0) is 41.0 Å². The van der Waals surface area contributed by atoms with Gasteiger partial charge < -0.3 is 20.1 Å². The van der Waals surface area contributed by atoms with E-state index in [0.29, 0.717) is 11.4 Å². The summed E-state index contributed by atoms with van der Waals surface area (Å²) in [7, 11) is 1.56. The molecule has 184 valence electrons. The molecule has 1 amide bonds. The lowest BCUT2D eigenvalue weighted by Gasteiger charge is -2.18. The van der Waals surface area contributed by atoms with Crippen molar-refractivity contribution in [1.82, 2.24) is 19.9 Å². The maximum atomic E-state index is 13.2. The number of fused-ring (bicyclic) bond motifs is 2. The van der Waals surface area contributed by atoms with Crippen LogP contribution in [-0.2, 0) is 0 Å². The Kier molecular flexibility index (Phi) is 6.41. The topological polar surface area (TPSA) is 133 Å². The summed E-state index contributed by atoms with van der Waals surface area (Å²) in [5.41, 5.74) is 1.18. The van der Waals surface area contributed by atoms with Gasteiger partial charge >= 0.3 is 0 Å². The lowest BCUT2D eigenvalue weighted by Crippen LogP contribution is -2.30. The first kappa shape index (κ1) is 23.8. The molecular formula is C28H23N5O4. The van der Waals surface area contributed by atoms with E-state index < -0.39 is 17.5 Å². The number of carbonyl (C=O) groups excluding carboxylic acids is 1. The molecule has 0 radical (unpaired) electrons. The van der Waals surface area contributed by atoms with Crippen LogP contribution in [0.25, 0.3) is 27.5 Å². The minimum Gasteiger partial charge on any atom is -0.497 e. The van der Waals surface area contributed by atoms with Gasteiger partial charge in [-0.25, -0.2) is 4.52 Å². The quantitative estimate of drug-likeness (QED) is 0.318. The van der Waals surface area contributed by atoms with Gasteiger partial charge in [0.1, 0.15) is 22.9 Å². The van der Waals surface area contributed by atoms with Gasteiger partial charge in [-0.15, -0.1) is 0 Å². The van der Waals surface area contributed by atoms with E-state index in [9.17, 15) is 20.0 Å². The molecule has 1 unspecified atom stereocenters. The number of hydrogen-bond donors (Lipinski definition) is 3. The van der Waals surface area contributed by atoms with Crippen molar-refractivity contribution < 1.29 is 14.6 Å². The fraction of sp³-hybridized carbons (Fsp3) is 0.143. The highest BCUT2D eigenvalue weighted by Crippen LogP contribution is 2.24. The standard InChI is InChI=1S/C28H23N5O4/c1-37-21-10-8-18(9-11-21)23(12-13-34)30-27(35)25-22(15-29)26-28(36)31-24(16-33(26)32-25)20-7-6-17-4-2-3-5-19(17)14-20/h2-11,14,16,23,34H,12-13H2,1H3,(H,30,35)(H,31,36). The van der Waals surface area contributed by atoms with E-state index in [-0.39, 0.29) is 29.8 Å². The zero-order valence-electron chi connectivity index (χ0n) is 19.9. The summed E-state index contributed by atoms with van der Waals surface area (Å²) in [6.45, 7) is -0.165. The number of nitriles is 1. The number of H-pyrrole nitrogens is 1. The Bertz CT molecular complexity index is 1710. The molecule has 0 saturated carbocycles. The van der Waals surface area contributed by atoms with Crippen molar-refractivity contribution >= 4 is 22.2 Å². The van der Waals surface area contributed by atoms with Gasteiger partial charge in [-0.3, -0.25) is 9.59 Å². The van der Waals surface area contributed by atoms with Gasteiger partial charge in [0.2, 0.25) is 0 Å². The van der Waals surface area contributed by atoms with Crippen LogP contribution < -0.4 is 15.6 Å². The third-order valence-electron chi connectivity index (χ3n) is 6.25. The number of rotatable bonds is 7. The van der Waals surface area contributed by atoms with E-state index in [1.54, 1.807) is 37.6 Å². The van der Waals surface area contributed by atoms with Crippen LogP contribution in [-0.4, -0.2) is 39.3 Å². The third-order valence-corrected chi connectivity index (χ3v) is 6.25. The van der Waals surface area contributed by atoms with Crippen molar-refractivity contribution in [3.8, 4) is 23.1 Å². The number of carbonyl (C=O) groups is 1. The maximum Gasteiger partial charge on any atom is 0.275 e. The van der Waals surface area contributed by atoms with Crippen LogP contribution in [0.5, 0.6) is 5.75 Å². The van der Waals surface area contributed by atoms with Gasteiger partial charge in [0.25, 0.3) is 11.5 Å². The number of nitrogens with zero attached hydrogens (tertiary/aromatic N) is 3. The number of aliphatic hydroxyl groups is 1. The van der Waals surface area contributed by atoms with Crippen LogP contribution in [0.3, 0.4) is 0 Å². The highest BCUT2D eigenvalue weighted by atomic mass is 16.5. The second kappa shape index (κ2) is 9.97. The van der Waals surface area contributed by atoms with E-state index in [1.807, 2.05) is 48.5 Å². The van der Waals surface area contributed by atoms with Crippen molar-refractivity contribution in [2.24, 2.45) is 0 Å². The van der Waals surface area contributed by atoms with Gasteiger partial charge in [-0.1, -0.05) is 48.5 Å². The van der Waals surface area contributed by atoms with Crippen molar-refractivity contribution in [3.63, 3.8) is 0 Å². The van der Waals surface area contributed by atoms with E-state index in [4.69, 9.17) is 4.74 Å². The number of aromatic amines is 1. The Hall–Kier alpha value is -4.94. The summed E-state index contributed by atoms with van der Waals surface area (Å²) in [4.78, 5) is 29.1. The summed E-state index contributed by atoms with van der Waals surface area (Å²) in [5.74, 6) is 0.0348. The highest BCUT2D eigenvalue weighted by molar-refractivity contribution is 5.97. The number of amides is 1. The molecule has 9 heteroatoms. The number of aromatic nitrogens is 3. The first-order valence-corrected chi connectivity index (χ1v) is 11.6. The average molecular weight is 494 g/mol. The van der Waals surface area contributed by atoms with Gasteiger partial charge in [-0.2, -0.15) is 10.4 Å². The number of benzene rings is 3. The summed E-state index contributed by atoms with van der Waals surface area (Å²) in [6, 6.07) is 22.2. The Morgan fingerprint density at radius 1 is 1.16 bits per heavy atom. The van der Waals surface area contributed by atoms with E-state index >= 15 is 0 Å². The minimum absolute atomic E-state index is 0.0136. The van der Waals surface area contributed by atoms with Crippen LogP contribution in [0.15, 0.2) is 77.7 Å². The van der Waals surface area contributed by atoms with Crippen molar-refractivity contribution in [1.29, 1.82) is 5.26 Å². The first-order valence-electron chi connectivity index (χ1n) is 11.6. The van der Waals surface area contributed by atoms with Gasteiger partial charge in [0, 0.05) is 12.2 Å². The normalized spacial score (nSPS) is 11.8. The Morgan fingerprint density at radius 2 is 1.92 bits per heavy atom. The lowest BCUT2D eigenvalue weighted by molar-refractivity contribution is 0.0924. The SMILES string of the molecule is COc1ccc(C(CCO)NC(=O)c2nn3cc(-c4ccc5ccccc5c4)[nH]c(=O)c3c2C#N)cc1. The predicted molar refractivity (Wildman–Crippen MR) is 138 cm³/mol. The van der Waals surface area contributed by atoms with Gasteiger partial charge in [0.05, 0.1) is 25.0 Å². The number of aliphatic hydroxyl groups excluding tert-OH is 1. The number of ether oxygens (including phenoxy) is 1. The highest BCUT2D eigenvalue weighted by Gasteiger charge is 2.25. The Labute approximate surface area is 211 Å². The molecule has 2 aromatic heterocycles. The third kappa shape index (κ3) is 4.53.